The summed E-state index contributed by atoms with van der Waals surface area (Å²) in [5.74, 6) is -0.283. The summed E-state index contributed by atoms with van der Waals surface area (Å²) in [4.78, 5) is 18.0. The molecule has 0 radical (unpaired) electrons. The third-order valence-corrected chi connectivity index (χ3v) is 3.33. The van der Waals surface area contributed by atoms with Gasteiger partial charge in [0.05, 0.1) is 11.7 Å². The molecule has 0 atom stereocenters. The summed E-state index contributed by atoms with van der Waals surface area (Å²) in [6.45, 7) is 4.02. The smallest absolute Gasteiger partial charge is 0.255 e. The van der Waals surface area contributed by atoms with Gasteiger partial charge < -0.3 is 9.64 Å². The van der Waals surface area contributed by atoms with Crippen molar-refractivity contribution in [2.24, 2.45) is 0 Å². The van der Waals surface area contributed by atoms with Gasteiger partial charge in [-0.25, -0.2) is 9.37 Å². The van der Waals surface area contributed by atoms with Crippen molar-refractivity contribution < 1.29 is 13.9 Å². The molecule has 2 rings (SSSR count). The van der Waals surface area contributed by atoms with Crippen LogP contribution in [0.4, 0.5) is 4.39 Å². The second-order valence-corrected chi connectivity index (χ2v) is 5.88. The van der Waals surface area contributed by atoms with Gasteiger partial charge in [-0.2, -0.15) is 0 Å². The number of nitrogens with zero attached hydrogens (tertiary/aromatic N) is 2. The van der Waals surface area contributed by atoms with Gasteiger partial charge in [0.1, 0.15) is 10.8 Å². The van der Waals surface area contributed by atoms with Crippen LogP contribution in [0.25, 0.3) is 0 Å². The quantitative estimate of drug-likeness (QED) is 0.830. The number of aromatic nitrogens is 1. The Bertz CT molecular complexity index is 707. The summed E-state index contributed by atoms with van der Waals surface area (Å²) >= 11 is 6.10. The molecule has 122 valence electrons. The number of rotatable bonds is 5. The molecule has 0 aliphatic rings. The maximum absolute atomic E-state index is 13.2. The number of benzene rings is 1. The summed E-state index contributed by atoms with van der Waals surface area (Å²) in [7, 11) is 1.64. The molecule has 1 aromatic carbocycles. The lowest BCUT2D eigenvalue weighted by molar-refractivity contribution is 0.0784. The summed E-state index contributed by atoms with van der Waals surface area (Å²) in [5.41, 5.74) is 1.06. The summed E-state index contributed by atoms with van der Waals surface area (Å²) in [5, 5.41) is 0.281. The average Bonchev–Trinajstić information content (AvgIpc) is 2.48. The highest BCUT2D eigenvalue weighted by molar-refractivity contribution is 6.32. The van der Waals surface area contributed by atoms with Gasteiger partial charge in [0.25, 0.3) is 5.91 Å². The molecule has 2 aromatic rings. The fraction of sp³-hybridized carbons (Fsp3) is 0.294. The summed E-state index contributed by atoms with van der Waals surface area (Å²) in [6.07, 6.45) is 1.37. The van der Waals surface area contributed by atoms with Crippen LogP contribution < -0.4 is 4.74 Å². The van der Waals surface area contributed by atoms with E-state index in [2.05, 4.69) is 4.98 Å². The summed E-state index contributed by atoms with van der Waals surface area (Å²) in [6, 6.07) is 7.66. The molecule has 0 aliphatic heterocycles. The molecule has 0 aliphatic carbocycles. The molecule has 23 heavy (non-hydrogen) atoms. The third-order valence-electron chi connectivity index (χ3n) is 3.06. The Labute approximate surface area is 139 Å². The lowest BCUT2D eigenvalue weighted by Crippen LogP contribution is -2.26. The van der Waals surface area contributed by atoms with Gasteiger partial charge in [0.15, 0.2) is 0 Å². The Balaban J connectivity index is 2.11. The van der Waals surface area contributed by atoms with E-state index in [0.717, 1.165) is 0 Å². The average molecular weight is 337 g/mol. The van der Waals surface area contributed by atoms with Gasteiger partial charge >= 0.3 is 0 Å². The van der Waals surface area contributed by atoms with E-state index in [0.29, 0.717) is 23.6 Å². The fourth-order valence-corrected chi connectivity index (χ4v) is 2.26. The largest absolute Gasteiger partial charge is 0.474 e. The van der Waals surface area contributed by atoms with Crippen LogP contribution in [0.1, 0.15) is 29.8 Å². The van der Waals surface area contributed by atoms with Crippen LogP contribution >= 0.6 is 11.6 Å². The first-order chi connectivity index (χ1) is 10.9. The van der Waals surface area contributed by atoms with E-state index in [9.17, 15) is 9.18 Å². The third kappa shape index (κ3) is 4.66. The van der Waals surface area contributed by atoms with E-state index < -0.39 is 0 Å². The SMILES string of the molecule is CC(C)Oc1ncc(C(=O)N(C)Cc2cccc(F)c2)cc1Cl. The van der Waals surface area contributed by atoms with Crippen LogP contribution in [0.2, 0.25) is 5.02 Å². The Morgan fingerprint density at radius 2 is 2.13 bits per heavy atom. The van der Waals surface area contributed by atoms with Crippen LogP contribution in [0.15, 0.2) is 36.5 Å². The normalized spacial score (nSPS) is 10.7. The van der Waals surface area contributed by atoms with Crippen molar-refractivity contribution in [3.63, 3.8) is 0 Å². The first-order valence-electron chi connectivity index (χ1n) is 7.19. The van der Waals surface area contributed by atoms with Crippen LogP contribution in [-0.2, 0) is 6.54 Å². The van der Waals surface area contributed by atoms with Crippen molar-refractivity contribution in [2.75, 3.05) is 7.05 Å². The second kappa shape index (κ2) is 7.42. The van der Waals surface area contributed by atoms with Gasteiger partial charge in [-0.3, -0.25) is 4.79 Å². The number of ether oxygens (including phenoxy) is 1. The van der Waals surface area contributed by atoms with Crippen LogP contribution in [0.5, 0.6) is 5.88 Å². The van der Waals surface area contributed by atoms with Crippen LogP contribution in [0.3, 0.4) is 0 Å². The number of pyridine rings is 1. The Kier molecular flexibility index (Phi) is 5.55. The number of amides is 1. The standard InChI is InChI=1S/C17H18ClFN2O2/c1-11(2)23-16-15(18)8-13(9-20-16)17(22)21(3)10-12-5-4-6-14(19)7-12/h4-9,11H,10H2,1-3H3. The number of carbonyl (C=O) groups is 1. The van der Waals surface area contributed by atoms with Crippen molar-refractivity contribution >= 4 is 17.5 Å². The van der Waals surface area contributed by atoms with Gasteiger partial charge in [-0.1, -0.05) is 23.7 Å². The zero-order valence-corrected chi connectivity index (χ0v) is 14.0. The van der Waals surface area contributed by atoms with Gasteiger partial charge in [-0.05, 0) is 37.6 Å². The maximum Gasteiger partial charge on any atom is 0.255 e. The topological polar surface area (TPSA) is 42.4 Å². The maximum atomic E-state index is 13.2. The van der Waals surface area contributed by atoms with Crippen molar-refractivity contribution in [3.05, 3.63) is 58.5 Å². The Hall–Kier alpha value is -2.14. The molecule has 1 aromatic heterocycles. The van der Waals surface area contributed by atoms with E-state index in [1.54, 1.807) is 19.2 Å². The minimum Gasteiger partial charge on any atom is -0.474 e. The molecule has 0 unspecified atom stereocenters. The molecule has 0 saturated carbocycles. The first kappa shape index (κ1) is 17.2. The molecule has 0 fully saturated rings. The predicted octanol–water partition coefficient (Wildman–Crippen LogP) is 3.93. The molecule has 6 heteroatoms. The van der Waals surface area contributed by atoms with Crippen molar-refractivity contribution in [1.29, 1.82) is 0 Å². The molecule has 0 bridgehead atoms. The molecule has 0 saturated heterocycles. The molecular formula is C17H18ClFN2O2. The van der Waals surface area contributed by atoms with E-state index in [-0.39, 0.29) is 22.9 Å². The lowest BCUT2D eigenvalue weighted by Gasteiger charge is -2.18. The van der Waals surface area contributed by atoms with Gasteiger partial charge in [0, 0.05) is 19.8 Å². The Morgan fingerprint density at radius 1 is 1.39 bits per heavy atom. The minimum atomic E-state index is -0.330. The van der Waals surface area contributed by atoms with E-state index in [4.69, 9.17) is 16.3 Å². The van der Waals surface area contributed by atoms with Gasteiger partial charge in [-0.15, -0.1) is 0 Å². The molecule has 1 heterocycles. The zero-order valence-electron chi connectivity index (χ0n) is 13.2. The fourth-order valence-electron chi connectivity index (χ4n) is 2.05. The molecule has 0 spiro atoms. The van der Waals surface area contributed by atoms with Crippen molar-refractivity contribution in [1.82, 2.24) is 9.88 Å². The summed E-state index contributed by atoms with van der Waals surface area (Å²) < 4.78 is 18.6. The van der Waals surface area contributed by atoms with Crippen molar-refractivity contribution in [2.45, 2.75) is 26.5 Å². The number of hydrogen-bond acceptors (Lipinski definition) is 3. The highest BCUT2D eigenvalue weighted by atomic mass is 35.5. The Morgan fingerprint density at radius 3 is 2.74 bits per heavy atom. The molecule has 4 nitrogen and oxygen atoms in total. The lowest BCUT2D eigenvalue weighted by atomic mass is 10.2. The number of hydrogen-bond donors (Lipinski definition) is 0. The van der Waals surface area contributed by atoms with E-state index in [1.165, 1.54) is 29.3 Å². The van der Waals surface area contributed by atoms with E-state index in [1.807, 2.05) is 13.8 Å². The molecule has 1 amide bonds. The molecular weight excluding hydrogens is 319 g/mol. The highest BCUT2D eigenvalue weighted by Gasteiger charge is 2.16. The zero-order chi connectivity index (χ0) is 17.0. The number of carbonyl (C=O) groups excluding carboxylic acids is 1. The van der Waals surface area contributed by atoms with Crippen molar-refractivity contribution in [3.8, 4) is 5.88 Å². The van der Waals surface area contributed by atoms with Crippen LogP contribution in [-0.4, -0.2) is 28.9 Å². The monoisotopic (exact) mass is 336 g/mol. The molecule has 0 N–H and O–H groups in total. The van der Waals surface area contributed by atoms with Gasteiger partial charge in [0.2, 0.25) is 5.88 Å². The number of halogens is 2. The van der Waals surface area contributed by atoms with E-state index >= 15 is 0 Å². The predicted molar refractivity (Wildman–Crippen MR) is 87.2 cm³/mol. The first-order valence-corrected chi connectivity index (χ1v) is 7.56. The highest BCUT2D eigenvalue weighted by Crippen LogP contribution is 2.24. The second-order valence-electron chi connectivity index (χ2n) is 5.47. The minimum absolute atomic E-state index is 0.0581. The van der Waals surface area contributed by atoms with Crippen LogP contribution in [0, 0.1) is 5.82 Å².